The number of hydrogen-bond acceptors (Lipinski definition) is 2. The molecule has 31 heavy (non-hydrogen) atoms. The average Bonchev–Trinajstić information content (AvgIpc) is 2.79. The van der Waals surface area contributed by atoms with E-state index in [1.165, 1.54) is 148 Å². The van der Waals surface area contributed by atoms with E-state index in [-0.39, 0.29) is 0 Å². The quantitative estimate of drug-likeness (QED) is 0.129. The van der Waals surface area contributed by atoms with Gasteiger partial charge in [0, 0.05) is 13.2 Å². The smallest absolute Gasteiger partial charge is 0.0443 e. The van der Waals surface area contributed by atoms with Gasteiger partial charge >= 0.3 is 0 Å². The van der Waals surface area contributed by atoms with Crippen molar-refractivity contribution in [3.63, 3.8) is 0 Å². The Morgan fingerprint density at radius 2 is 0.677 bits per heavy atom. The van der Waals surface area contributed by atoms with Crippen molar-refractivity contribution in [1.82, 2.24) is 4.90 Å². The van der Waals surface area contributed by atoms with E-state index in [0.29, 0.717) is 6.61 Å². The van der Waals surface area contributed by atoms with Crippen LogP contribution >= 0.6 is 0 Å². The highest BCUT2D eigenvalue weighted by atomic mass is 16.3. The van der Waals surface area contributed by atoms with Crippen LogP contribution in [-0.2, 0) is 0 Å². The fourth-order valence-corrected chi connectivity index (χ4v) is 4.67. The molecule has 0 saturated carbocycles. The van der Waals surface area contributed by atoms with E-state index in [1.54, 1.807) is 0 Å². The molecular formula is C29H61NO. The van der Waals surface area contributed by atoms with Gasteiger partial charge in [0.2, 0.25) is 0 Å². The SMILES string of the molecule is CCCCCCCCCCCCCCCCCCCCCCCCN(CC)CCCO. The molecule has 2 nitrogen and oxygen atoms in total. The highest BCUT2D eigenvalue weighted by Crippen LogP contribution is 2.15. The predicted molar refractivity (Wildman–Crippen MR) is 141 cm³/mol. The molecule has 0 aromatic rings. The Morgan fingerprint density at radius 3 is 0.968 bits per heavy atom. The molecule has 0 aliphatic heterocycles. The van der Waals surface area contributed by atoms with Crippen LogP contribution in [0.1, 0.15) is 162 Å². The van der Waals surface area contributed by atoms with Gasteiger partial charge in [0.05, 0.1) is 0 Å². The summed E-state index contributed by atoms with van der Waals surface area (Å²) in [6.45, 7) is 8.26. The van der Waals surface area contributed by atoms with Gasteiger partial charge in [-0.3, -0.25) is 0 Å². The third kappa shape index (κ3) is 26.1. The van der Waals surface area contributed by atoms with Crippen LogP contribution in [-0.4, -0.2) is 36.2 Å². The van der Waals surface area contributed by atoms with Gasteiger partial charge < -0.3 is 10.0 Å². The molecule has 188 valence electrons. The van der Waals surface area contributed by atoms with Crippen LogP contribution in [0.2, 0.25) is 0 Å². The van der Waals surface area contributed by atoms with Crippen molar-refractivity contribution < 1.29 is 5.11 Å². The number of aliphatic hydroxyl groups is 1. The Labute approximate surface area is 198 Å². The first-order valence-electron chi connectivity index (χ1n) is 14.7. The summed E-state index contributed by atoms with van der Waals surface area (Å²) in [4.78, 5) is 2.48. The first-order chi connectivity index (χ1) is 15.3. The Morgan fingerprint density at radius 1 is 0.387 bits per heavy atom. The second-order valence-corrected chi connectivity index (χ2v) is 9.94. The van der Waals surface area contributed by atoms with Crippen LogP contribution in [0.15, 0.2) is 0 Å². The van der Waals surface area contributed by atoms with Crippen LogP contribution in [0.5, 0.6) is 0 Å². The summed E-state index contributed by atoms with van der Waals surface area (Å²) in [6, 6.07) is 0. The molecule has 0 spiro atoms. The Bertz CT molecular complexity index is 307. The molecule has 0 bridgehead atoms. The highest BCUT2D eigenvalue weighted by Gasteiger charge is 2.01. The van der Waals surface area contributed by atoms with Crippen LogP contribution < -0.4 is 0 Å². The van der Waals surface area contributed by atoms with Crippen LogP contribution in [0, 0.1) is 0 Å². The lowest BCUT2D eigenvalue weighted by Gasteiger charge is -2.19. The zero-order chi connectivity index (χ0) is 22.7. The van der Waals surface area contributed by atoms with Crippen molar-refractivity contribution in [1.29, 1.82) is 0 Å². The second kappa shape index (κ2) is 28.0. The van der Waals surface area contributed by atoms with Crippen molar-refractivity contribution in [2.24, 2.45) is 0 Å². The topological polar surface area (TPSA) is 23.5 Å². The molecule has 0 rings (SSSR count). The zero-order valence-corrected chi connectivity index (χ0v) is 22.0. The van der Waals surface area contributed by atoms with E-state index in [1.807, 2.05) is 0 Å². The summed E-state index contributed by atoms with van der Waals surface area (Å²) in [5, 5.41) is 8.94. The van der Waals surface area contributed by atoms with Crippen LogP contribution in [0.3, 0.4) is 0 Å². The molecule has 0 fully saturated rings. The fourth-order valence-electron chi connectivity index (χ4n) is 4.67. The van der Waals surface area contributed by atoms with E-state index in [0.717, 1.165) is 19.5 Å². The first kappa shape index (κ1) is 30.9. The summed E-state index contributed by atoms with van der Waals surface area (Å²) >= 11 is 0. The number of aliphatic hydroxyl groups excluding tert-OH is 1. The van der Waals surface area contributed by atoms with Crippen molar-refractivity contribution in [2.75, 3.05) is 26.2 Å². The van der Waals surface area contributed by atoms with Crippen molar-refractivity contribution in [3.8, 4) is 0 Å². The Kier molecular flexibility index (Phi) is 27.9. The zero-order valence-electron chi connectivity index (χ0n) is 22.0. The molecule has 0 aromatic heterocycles. The summed E-state index contributed by atoms with van der Waals surface area (Å²) in [6.07, 6.45) is 32.8. The van der Waals surface area contributed by atoms with Crippen molar-refractivity contribution >= 4 is 0 Å². The maximum Gasteiger partial charge on any atom is 0.0443 e. The summed E-state index contributed by atoms with van der Waals surface area (Å²) in [7, 11) is 0. The number of unbranched alkanes of at least 4 members (excludes halogenated alkanes) is 21. The number of nitrogens with zero attached hydrogens (tertiary/aromatic N) is 1. The molecule has 0 saturated heterocycles. The minimum absolute atomic E-state index is 0.329. The van der Waals surface area contributed by atoms with E-state index < -0.39 is 0 Å². The summed E-state index contributed by atoms with van der Waals surface area (Å²) in [5.74, 6) is 0. The third-order valence-electron chi connectivity index (χ3n) is 6.91. The molecule has 2 heteroatoms. The second-order valence-electron chi connectivity index (χ2n) is 9.94. The van der Waals surface area contributed by atoms with E-state index in [9.17, 15) is 0 Å². The average molecular weight is 440 g/mol. The molecule has 0 atom stereocenters. The van der Waals surface area contributed by atoms with Gasteiger partial charge in [-0.25, -0.2) is 0 Å². The first-order valence-corrected chi connectivity index (χ1v) is 14.7. The standard InChI is InChI=1S/C29H61NO/c1-3-5-6-7-8-9-10-11-12-13-14-15-16-17-18-19-20-21-22-23-24-25-27-30(4-2)28-26-29-31/h31H,3-29H2,1-2H3. The van der Waals surface area contributed by atoms with Crippen LogP contribution in [0.4, 0.5) is 0 Å². The molecule has 0 aromatic carbocycles. The number of hydrogen-bond donors (Lipinski definition) is 1. The Balaban J connectivity index is 3.09. The lowest BCUT2D eigenvalue weighted by atomic mass is 10.0. The summed E-state index contributed by atoms with van der Waals surface area (Å²) < 4.78 is 0. The molecule has 0 aliphatic rings. The van der Waals surface area contributed by atoms with Gasteiger partial charge in [0.25, 0.3) is 0 Å². The van der Waals surface area contributed by atoms with Crippen LogP contribution in [0.25, 0.3) is 0 Å². The van der Waals surface area contributed by atoms with Gasteiger partial charge in [0.15, 0.2) is 0 Å². The third-order valence-corrected chi connectivity index (χ3v) is 6.91. The fraction of sp³-hybridized carbons (Fsp3) is 1.00. The van der Waals surface area contributed by atoms with Gasteiger partial charge in [-0.2, -0.15) is 0 Å². The maximum atomic E-state index is 8.94. The van der Waals surface area contributed by atoms with E-state index in [4.69, 9.17) is 5.11 Å². The Hall–Kier alpha value is -0.0800. The molecule has 0 unspecified atom stereocenters. The minimum Gasteiger partial charge on any atom is -0.396 e. The number of rotatable bonds is 27. The molecule has 0 heterocycles. The maximum absolute atomic E-state index is 8.94. The lowest BCUT2D eigenvalue weighted by molar-refractivity contribution is 0.227. The van der Waals surface area contributed by atoms with Crippen molar-refractivity contribution in [2.45, 2.75) is 162 Å². The van der Waals surface area contributed by atoms with Gasteiger partial charge in [-0.1, -0.05) is 149 Å². The van der Waals surface area contributed by atoms with Gasteiger partial charge in [-0.15, -0.1) is 0 Å². The van der Waals surface area contributed by atoms with Crippen molar-refractivity contribution in [3.05, 3.63) is 0 Å². The predicted octanol–water partition coefficient (Wildman–Crippen LogP) is 9.29. The summed E-state index contributed by atoms with van der Waals surface area (Å²) in [5.41, 5.74) is 0. The van der Waals surface area contributed by atoms with E-state index >= 15 is 0 Å². The lowest BCUT2D eigenvalue weighted by Crippen LogP contribution is -2.26. The molecule has 0 amide bonds. The molecule has 1 N–H and O–H groups in total. The van der Waals surface area contributed by atoms with Gasteiger partial charge in [-0.05, 0) is 25.9 Å². The molecular weight excluding hydrogens is 378 g/mol. The molecule has 0 aliphatic carbocycles. The van der Waals surface area contributed by atoms with E-state index in [2.05, 4.69) is 18.7 Å². The highest BCUT2D eigenvalue weighted by molar-refractivity contribution is 4.56. The monoisotopic (exact) mass is 439 g/mol. The largest absolute Gasteiger partial charge is 0.396 e. The normalized spacial score (nSPS) is 11.6. The minimum atomic E-state index is 0.329. The van der Waals surface area contributed by atoms with Gasteiger partial charge in [0.1, 0.15) is 0 Å². The molecule has 0 radical (unpaired) electrons.